The van der Waals surface area contributed by atoms with Crippen molar-refractivity contribution in [2.24, 2.45) is 0 Å². The first-order chi connectivity index (χ1) is 38.9. The monoisotopic (exact) mass is 1090 g/mol. The molecule has 0 saturated heterocycles. The van der Waals surface area contributed by atoms with Gasteiger partial charge in [0.15, 0.2) is 0 Å². The minimum absolute atomic E-state index is 0.0162. The van der Waals surface area contributed by atoms with E-state index in [1.807, 2.05) is 0 Å². The topological polar surface area (TPSA) is 11.4 Å². The van der Waals surface area contributed by atoms with E-state index in [4.69, 9.17) is 0 Å². The molecule has 1 aliphatic carbocycles. The zero-order valence-electron chi connectivity index (χ0n) is 53.3. The molecule has 418 valence electrons. The lowest BCUT2D eigenvalue weighted by Gasteiger charge is -2.46. The minimum Gasteiger partial charge on any atom is -0.311 e. The Kier molecular flexibility index (Phi) is 12.0. The third-order valence-electron chi connectivity index (χ3n) is 19.4. The highest BCUT2D eigenvalue weighted by Gasteiger charge is 2.46. The number of para-hydroxylation sites is 1. The van der Waals surface area contributed by atoms with Crippen LogP contribution in [0.4, 0.5) is 34.1 Å². The first-order valence-electron chi connectivity index (χ1n) is 30.5. The van der Waals surface area contributed by atoms with Crippen molar-refractivity contribution in [2.75, 3.05) is 9.80 Å². The predicted octanol–water partition coefficient (Wildman–Crippen LogP) is 19.9. The number of hydrogen-bond acceptors (Lipinski definition) is 2. The molecule has 0 N–H and O–H groups in total. The highest BCUT2D eigenvalue weighted by atomic mass is 15.2. The summed E-state index contributed by atoms with van der Waals surface area (Å²) < 4.78 is 2.60. The fourth-order valence-corrected chi connectivity index (χ4v) is 15.0. The summed E-state index contributed by atoms with van der Waals surface area (Å²) in [4.78, 5) is 5.43. The van der Waals surface area contributed by atoms with Gasteiger partial charge in [-0.15, -0.1) is 0 Å². The van der Waals surface area contributed by atoms with E-state index >= 15 is 0 Å². The van der Waals surface area contributed by atoms with Crippen LogP contribution in [-0.4, -0.2) is 11.3 Å². The molecule has 0 radical (unpaired) electrons. The molecule has 0 unspecified atom stereocenters. The average molecular weight is 1090 g/mol. The molecule has 4 heteroatoms. The van der Waals surface area contributed by atoms with Gasteiger partial charge < -0.3 is 14.4 Å². The van der Waals surface area contributed by atoms with Gasteiger partial charge in [-0.1, -0.05) is 194 Å². The van der Waals surface area contributed by atoms with Crippen LogP contribution in [0.1, 0.15) is 164 Å². The van der Waals surface area contributed by atoms with E-state index < -0.39 is 0 Å². The lowest BCUT2D eigenvalue weighted by molar-refractivity contribution is 0.589. The van der Waals surface area contributed by atoms with Gasteiger partial charge in [-0.25, -0.2) is 0 Å². The maximum Gasteiger partial charge on any atom is 0.252 e. The van der Waals surface area contributed by atoms with E-state index in [9.17, 15) is 0 Å². The summed E-state index contributed by atoms with van der Waals surface area (Å²) in [6.45, 7) is 47.1. The first kappa shape index (κ1) is 54.7. The van der Waals surface area contributed by atoms with Crippen LogP contribution in [-0.2, 0) is 27.1 Å². The second kappa shape index (κ2) is 18.2. The lowest BCUT2D eigenvalue weighted by Crippen LogP contribution is -2.61. The van der Waals surface area contributed by atoms with Gasteiger partial charge in [0.25, 0.3) is 6.71 Å². The molecule has 9 aromatic carbocycles. The molecule has 13 rings (SSSR count). The predicted molar refractivity (Wildman–Crippen MR) is 361 cm³/mol. The summed E-state index contributed by atoms with van der Waals surface area (Å²) in [7, 11) is 0. The van der Waals surface area contributed by atoms with Crippen molar-refractivity contribution < 1.29 is 0 Å². The normalized spacial score (nSPS) is 14.5. The number of anilines is 6. The van der Waals surface area contributed by atoms with Crippen molar-refractivity contribution in [1.29, 1.82) is 0 Å². The maximum absolute atomic E-state index is 2.72. The molecule has 83 heavy (non-hydrogen) atoms. The van der Waals surface area contributed by atoms with Crippen molar-refractivity contribution >= 4 is 79.0 Å². The second-order valence-electron chi connectivity index (χ2n) is 29.9. The van der Waals surface area contributed by atoms with Gasteiger partial charge in [-0.2, -0.15) is 0 Å². The fourth-order valence-electron chi connectivity index (χ4n) is 15.0. The van der Waals surface area contributed by atoms with Crippen LogP contribution in [0.2, 0.25) is 0 Å². The van der Waals surface area contributed by atoms with E-state index in [-0.39, 0.29) is 33.8 Å². The Balaban J connectivity index is 1.16. The van der Waals surface area contributed by atoms with Gasteiger partial charge in [0, 0.05) is 38.9 Å². The van der Waals surface area contributed by atoms with E-state index in [0.29, 0.717) is 0 Å². The zero-order chi connectivity index (χ0) is 59.1. The fraction of sp³-hybridized carbons (Fsp3) is 0.316. The van der Waals surface area contributed by atoms with E-state index in [1.165, 1.54) is 167 Å². The standard InChI is InChI=1S/C79H84BN3/c1-45-25-23-26-46(2)72(45)81-64-34-32-52(75(7,8)9)39-58(64)59-43-63-67(44-65(59)81)83(74-49(5)37-54(38-50(74)6)77(13,14)15)69-42-55(78(16,17)18)41-68-71(69)80(63)62-33-31-53(76(10,11)12)40-66(62)82(68)73-47(3)35-51(36-48(73)4)56-28-24-30-61-70(56)57-27-21-22-29-60(57)79(61,19)20/h21-44H,1-20H3. The molecule has 10 aromatic rings. The summed E-state index contributed by atoms with van der Waals surface area (Å²) in [5.41, 5.74) is 35.9. The maximum atomic E-state index is 2.72. The number of nitrogens with zero attached hydrogens (tertiary/aromatic N) is 3. The third kappa shape index (κ3) is 8.26. The molecule has 0 saturated carbocycles. The molecule has 0 atom stereocenters. The summed E-state index contributed by atoms with van der Waals surface area (Å²) >= 11 is 0. The first-order valence-corrected chi connectivity index (χ1v) is 30.5. The molecule has 3 nitrogen and oxygen atoms in total. The van der Waals surface area contributed by atoms with Gasteiger partial charge in [0.1, 0.15) is 0 Å². The van der Waals surface area contributed by atoms with Crippen molar-refractivity contribution in [3.8, 4) is 27.9 Å². The van der Waals surface area contributed by atoms with Crippen molar-refractivity contribution in [2.45, 2.75) is 166 Å². The Labute approximate surface area is 496 Å². The molecular formula is C79H84BN3. The number of aromatic nitrogens is 1. The van der Waals surface area contributed by atoms with Crippen LogP contribution in [0.3, 0.4) is 0 Å². The van der Waals surface area contributed by atoms with Gasteiger partial charge in [-0.05, 0) is 217 Å². The number of rotatable bonds is 4. The number of fused-ring (bicyclic) bond motifs is 10. The third-order valence-corrected chi connectivity index (χ3v) is 19.4. The Morgan fingerprint density at radius 3 is 1.42 bits per heavy atom. The molecule has 0 amide bonds. The van der Waals surface area contributed by atoms with E-state index in [1.54, 1.807) is 0 Å². The summed E-state index contributed by atoms with van der Waals surface area (Å²) in [6.07, 6.45) is 0. The van der Waals surface area contributed by atoms with Gasteiger partial charge in [-0.3, -0.25) is 0 Å². The Hall–Kier alpha value is -7.56. The van der Waals surface area contributed by atoms with Crippen molar-refractivity contribution in [3.05, 3.63) is 212 Å². The van der Waals surface area contributed by atoms with E-state index in [0.717, 1.165) is 0 Å². The van der Waals surface area contributed by atoms with Crippen molar-refractivity contribution in [3.63, 3.8) is 0 Å². The van der Waals surface area contributed by atoms with Crippen LogP contribution in [0.25, 0.3) is 49.7 Å². The summed E-state index contributed by atoms with van der Waals surface area (Å²) in [5, 5.41) is 2.58. The van der Waals surface area contributed by atoms with Gasteiger partial charge in [0.2, 0.25) is 0 Å². The molecule has 0 spiro atoms. The van der Waals surface area contributed by atoms with Gasteiger partial charge in [0.05, 0.1) is 28.1 Å². The molecule has 0 fully saturated rings. The zero-order valence-corrected chi connectivity index (χ0v) is 53.3. The largest absolute Gasteiger partial charge is 0.311 e. The Morgan fingerprint density at radius 1 is 0.361 bits per heavy atom. The average Bonchev–Trinajstić information content (AvgIpc) is 1.47. The highest BCUT2D eigenvalue weighted by Crippen LogP contribution is 2.55. The quantitative estimate of drug-likeness (QED) is 0.163. The summed E-state index contributed by atoms with van der Waals surface area (Å²) in [6, 6.07) is 58.0. The van der Waals surface area contributed by atoms with E-state index in [2.05, 4.69) is 298 Å². The summed E-state index contributed by atoms with van der Waals surface area (Å²) in [5.74, 6) is 0. The molecule has 0 bridgehead atoms. The lowest BCUT2D eigenvalue weighted by atomic mass is 9.33. The minimum atomic E-state index is -0.179. The SMILES string of the molecule is Cc1cc(-c2cccc3c2-c2ccccc2C3(C)C)cc(C)c1N1c2cc(C(C)(C)C)ccc2B2c3cc4c5cc(C(C)(C)C)ccc5n(-c5c(C)cccc5C)c4cc3N(c3c(C)cc(C(C)(C)C)cc3C)c3cc(C(C)(C)C)cc1c32. The van der Waals surface area contributed by atoms with Crippen molar-refractivity contribution in [1.82, 2.24) is 4.57 Å². The number of hydrogen-bond donors (Lipinski definition) is 0. The smallest absolute Gasteiger partial charge is 0.252 e. The van der Waals surface area contributed by atoms with Crippen LogP contribution >= 0.6 is 0 Å². The van der Waals surface area contributed by atoms with Crippen LogP contribution in [0.15, 0.2) is 146 Å². The molecular weight excluding hydrogens is 1000 g/mol. The molecule has 1 aromatic heterocycles. The number of aryl methyl sites for hydroxylation is 6. The highest BCUT2D eigenvalue weighted by molar-refractivity contribution is 7.00. The van der Waals surface area contributed by atoms with Crippen LogP contribution in [0.5, 0.6) is 0 Å². The van der Waals surface area contributed by atoms with Gasteiger partial charge >= 0.3 is 0 Å². The molecule has 3 aliphatic rings. The molecule has 2 aliphatic heterocycles. The van der Waals surface area contributed by atoms with Crippen LogP contribution < -0.4 is 26.2 Å². The second-order valence-corrected chi connectivity index (χ2v) is 29.9. The Bertz CT molecular complexity index is 4350. The Morgan fingerprint density at radius 2 is 0.831 bits per heavy atom. The molecule has 3 heterocycles. The number of benzene rings is 9. The van der Waals surface area contributed by atoms with Crippen LogP contribution in [0, 0.1) is 41.5 Å².